The molecule has 0 aliphatic carbocycles. The van der Waals surface area contributed by atoms with Gasteiger partial charge in [0.25, 0.3) is 5.91 Å². The summed E-state index contributed by atoms with van der Waals surface area (Å²) in [5.74, 6) is 0.122. The van der Waals surface area contributed by atoms with Gasteiger partial charge in [-0.15, -0.1) is 0 Å². The lowest BCUT2D eigenvalue weighted by atomic mass is 10.2. The van der Waals surface area contributed by atoms with Crippen LogP contribution in [0.5, 0.6) is 5.75 Å². The van der Waals surface area contributed by atoms with E-state index in [1.165, 1.54) is 20.2 Å². The molecule has 0 radical (unpaired) electrons. The minimum atomic E-state index is -0.431. The van der Waals surface area contributed by atoms with E-state index in [1.807, 2.05) is 0 Å². The van der Waals surface area contributed by atoms with Gasteiger partial charge in [0.05, 0.1) is 7.11 Å². The molecule has 0 fully saturated rings. The van der Waals surface area contributed by atoms with Gasteiger partial charge in [0.15, 0.2) is 6.61 Å². The van der Waals surface area contributed by atoms with Crippen molar-refractivity contribution >= 4 is 16.9 Å². The highest BCUT2D eigenvalue weighted by atomic mass is 16.7. The first-order valence-electron chi connectivity index (χ1n) is 5.57. The lowest BCUT2D eigenvalue weighted by Gasteiger charge is -2.14. The number of hydrogen-bond acceptors (Lipinski definition) is 5. The second-order valence-corrected chi connectivity index (χ2v) is 3.82. The molecule has 1 heterocycles. The molecule has 100 valence electrons. The van der Waals surface area contributed by atoms with E-state index >= 15 is 0 Å². The van der Waals surface area contributed by atoms with E-state index in [-0.39, 0.29) is 12.5 Å². The van der Waals surface area contributed by atoms with Gasteiger partial charge in [0.2, 0.25) is 0 Å². The quantitative estimate of drug-likeness (QED) is 0.612. The van der Waals surface area contributed by atoms with Crippen LogP contribution in [0.2, 0.25) is 0 Å². The van der Waals surface area contributed by atoms with Crippen LogP contribution in [0, 0.1) is 0 Å². The number of rotatable bonds is 4. The molecule has 1 aromatic carbocycles. The second kappa shape index (κ2) is 5.53. The Morgan fingerprint density at radius 3 is 2.79 bits per heavy atom. The van der Waals surface area contributed by atoms with Crippen molar-refractivity contribution in [2.75, 3.05) is 20.8 Å². The minimum absolute atomic E-state index is 0.160. The SMILES string of the molecule is CON(C)C(=O)COc1ccc2ccc(=O)oc2c1. The van der Waals surface area contributed by atoms with Crippen LogP contribution < -0.4 is 10.4 Å². The number of ether oxygens (including phenoxy) is 1. The van der Waals surface area contributed by atoms with Crippen molar-refractivity contribution in [2.24, 2.45) is 0 Å². The smallest absolute Gasteiger partial charge is 0.336 e. The molecule has 19 heavy (non-hydrogen) atoms. The van der Waals surface area contributed by atoms with E-state index < -0.39 is 5.63 Å². The molecule has 6 heteroatoms. The number of fused-ring (bicyclic) bond motifs is 1. The Bertz CT molecular complexity index is 649. The van der Waals surface area contributed by atoms with Crippen LogP contribution in [0.1, 0.15) is 0 Å². The van der Waals surface area contributed by atoms with Gasteiger partial charge in [-0.2, -0.15) is 0 Å². The fourth-order valence-electron chi connectivity index (χ4n) is 1.47. The number of carbonyl (C=O) groups excluding carboxylic acids is 1. The first-order chi connectivity index (χ1) is 9.10. The maximum Gasteiger partial charge on any atom is 0.336 e. The zero-order chi connectivity index (χ0) is 13.8. The summed E-state index contributed by atoms with van der Waals surface area (Å²) in [6.07, 6.45) is 0. The molecule has 0 atom stereocenters. The molecule has 1 amide bonds. The predicted molar refractivity (Wildman–Crippen MR) is 67.8 cm³/mol. The van der Waals surface area contributed by atoms with Crippen LogP contribution in [-0.4, -0.2) is 31.7 Å². The monoisotopic (exact) mass is 263 g/mol. The summed E-state index contributed by atoms with van der Waals surface area (Å²) in [5.41, 5.74) is -0.0163. The fourth-order valence-corrected chi connectivity index (χ4v) is 1.47. The van der Waals surface area contributed by atoms with Gasteiger partial charge in [-0.25, -0.2) is 9.86 Å². The Hall–Kier alpha value is -2.34. The molecule has 0 unspecified atom stereocenters. The number of hydroxylamine groups is 2. The maximum atomic E-state index is 11.5. The Morgan fingerprint density at radius 1 is 1.32 bits per heavy atom. The van der Waals surface area contributed by atoms with Gasteiger partial charge >= 0.3 is 5.63 Å². The predicted octanol–water partition coefficient (Wildman–Crippen LogP) is 1.19. The number of amides is 1. The molecule has 2 rings (SSSR count). The minimum Gasteiger partial charge on any atom is -0.484 e. The fraction of sp³-hybridized carbons (Fsp3) is 0.231. The number of carbonyl (C=O) groups is 1. The molecule has 0 saturated carbocycles. The second-order valence-electron chi connectivity index (χ2n) is 3.82. The van der Waals surface area contributed by atoms with Gasteiger partial charge in [0, 0.05) is 24.6 Å². The summed E-state index contributed by atoms with van der Waals surface area (Å²) in [5, 5.41) is 1.86. The topological polar surface area (TPSA) is 69.0 Å². The highest BCUT2D eigenvalue weighted by Gasteiger charge is 2.09. The van der Waals surface area contributed by atoms with E-state index in [0.717, 1.165) is 10.4 Å². The van der Waals surface area contributed by atoms with E-state index in [1.54, 1.807) is 24.3 Å². The zero-order valence-corrected chi connectivity index (χ0v) is 10.6. The summed E-state index contributed by atoms with van der Waals surface area (Å²) in [6, 6.07) is 8.02. The van der Waals surface area contributed by atoms with Crippen LogP contribution in [-0.2, 0) is 9.63 Å². The van der Waals surface area contributed by atoms with E-state index in [2.05, 4.69) is 0 Å². The standard InChI is InChI=1S/C13H13NO5/c1-14(17-2)12(15)8-18-10-5-3-9-4-6-13(16)19-11(9)7-10/h3-7H,8H2,1-2H3. The third kappa shape index (κ3) is 3.11. The highest BCUT2D eigenvalue weighted by Crippen LogP contribution is 2.19. The van der Waals surface area contributed by atoms with E-state index in [0.29, 0.717) is 11.3 Å². The molecule has 0 saturated heterocycles. The average molecular weight is 263 g/mol. The van der Waals surface area contributed by atoms with Crippen LogP contribution in [0.4, 0.5) is 0 Å². The molecular weight excluding hydrogens is 250 g/mol. The van der Waals surface area contributed by atoms with Gasteiger partial charge in [0.1, 0.15) is 11.3 Å². The van der Waals surface area contributed by atoms with Crippen LogP contribution in [0.25, 0.3) is 11.0 Å². The van der Waals surface area contributed by atoms with Gasteiger partial charge in [-0.3, -0.25) is 9.63 Å². The Labute approximate surface area is 109 Å². The summed E-state index contributed by atoms with van der Waals surface area (Å²) >= 11 is 0. The third-order valence-corrected chi connectivity index (χ3v) is 2.58. The number of hydrogen-bond donors (Lipinski definition) is 0. The summed E-state index contributed by atoms with van der Waals surface area (Å²) < 4.78 is 10.3. The first kappa shape index (κ1) is 13.1. The number of likely N-dealkylation sites (N-methyl/N-ethyl adjacent to an activating group) is 1. The summed E-state index contributed by atoms with van der Waals surface area (Å²) in [7, 11) is 2.88. The Kier molecular flexibility index (Phi) is 3.82. The molecule has 0 spiro atoms. The lowest BCUT2D eigenvalue weighted by Crippen LogP contribution is -2.30. The molecular formula is C13H13NO5. The van der Waals surface area contributed by atoms with Crippen molar-refractivity contribution in [1.82, 2.24) is 5.06 Å². The third-order valence-electron chi connectivity index (χ3n) is 2.58. The van der Waals surface area contributed by atoms with Crippen molar-refractivity contribution in [1.29, 1.82) is 0 Å². The van der Waals surface area contributed by atoms with E-state index in [4.69, 9.17) is 14.0 Å². The van der Waals surface area contributed by atoms with Crippen LogP contribution >= 0.6 is 0 Å². The molecule has 2 aromatic rings. The van der Waals surface area contributed by atoms with Crippen molar-refractivity contribution in [2.45, 2.75) is 0 Å². The Balaban J connectivity index is 2.13. The van der Waals surface area contributed by atoms with Crippen molar-refractivity contribution < 1.29 is 18.8 Å². The van der Waals surface area contributed by atoms with Gasteiger partial charge in [-0.05, 0) is 18.2 Å². The molecule has 1 aromatic heterocycles. The van der Waals surface area contributed by atoms with E-state index in [9.17, 15) is 9.59 Å². The van der Waals surface area contributed by atoms with Crippen molar-refractivity contribution in [3.8, 4) is 5.75 Å². The van der Waals surface area contributed by atoms with Crippen molar-refractivity contribution in [3.05, 3.63) is 40.8 Å². The van der Waals surface area contributed by atoms with Gasteiger partial charge in [-0.1, -0.05) is 0 Å². The molecule has 0 aliphatic rings. The molecule has 6 nitrogen and oxygen atoms in total. The zero-order valence-electron chi connectivity index (χ0n) is 10.6. The largest absolute Gasteiger partial charge is 0.484 e. The maximum absolute atomic E-state index is 11.5. The first-order valence-corrected chi connectivity index (χ1v) is 5.57. The molecule has 0 bridgehead atoms. The number of benzene rings is 1. The molecule has 0 N–H and O–H groups in total. The molecule has 0 aliphatic heterocycles. The summed E-state index contributed by atoms with van der Waals surface area (Å²) in [4.78, 5) is 27.3. The highest BCUT2D eigenvalue weighted by molar-refractivity contribution is 5.78. The lowest BCUT2D eigenvalue weighted by molar-refractivity contribution is -0.170. The summed E-state index contributed by atoms with van der Waals surface area (Å²) in [6.45, 7) is -0.160. The number of nitrogens with zero attached hydrogens (tertiary/aromatic N) is 1. The van der Waals surface area contributed by atoms with Crippen LogP contribution in [0.3, 0.4) is 0 Å². The average Bonchev–Trinajstić information content (AvgIpc) is 2.43. The normalized spacial score (nSPS) is 10.4. The Morgan fingerprint density at radius 2 is 2.05 bits per heavy atom. The van der Waals surface area contributed by atoms with Gasteiger partial charge < -0.3 is 9.15 Å². The van der Waals surface area contributed by atoms with Crippen LogP contribution in [0.15, 0.2) is 39.5 Å². The van der Waals surface area contributed by atoms with Crippen molar-refractivity contribution in [3.63, 3.8) is 0 Å².